The van der Waals surface area contributed by atoms with Crippen LogP contribution in [-0.4, -0.2) is 21.7 Å². The minimum Gasteiger partial charge on any atom is -0.443 e. The van der Waals surface area contributed by atoms with Crippen molar-refractivity contribution in [3.63, 3.8) is 0 Å². The molecule has 0 fully saturated rings. The number of rotatable bonds is 5. The molecule has 0 atom stereocenters. The Morgan fingerprint density at radius 2 is 1.65 bits per heavy atom. The maximum atomic E-state index is 13.3. The van der Waals surface area contributed by atoms with Crippen LogP contribution in [0.5, 0.6) is 0 Å². The molecule has 0 saturated carbocycles. The van der Waals surface area contributed by atoms with Gasteiger partial charge in [0.05, 0.1) is 12.2 Å². The van der Waals surface area contributed by atoms with Gasteiger partial charge in [-0.3, -0.25) is 4.90 Å². The topological polar surface area (TPSA) is 55.3 Å². The van der Waals surface area contributed by atoms with Crippen LogP contribution in [0.1, 0.15) is 37.6 Å². The third-order valence-electron chi connectivity index (χ3n) is 5.05. The van der Waals surface area contributed by atoms with Crippen LogP contribution in [0.15, 0.2) is 78.9 Å². The second-order valence-electron chi connectivity index (χ2n) is 8.87. The maximum Gasteiger partial charge on any atom is 0.416 e. The summed E-state index contributed by atoms with van der Waals surface area (Å²) in [6, 6.07) is 25.7. The van der Waals surface area contributed by atoms with Crippen LogP contribution >= 0.6 is 11.6 Å². The molecule has 0 saturated heterocycles. The SMILES string of the molecule is CC(C)(C)OC(=O)N(Cc1cccc2ccccc12)c1cc(/C=C/c2ccccc2)nc(Cl)n1. The summed E-state index contributed by atoms with van der Waals surface area (Å²) >= 11 is 6.28. The number of anilines is 1. The summed E-state index contributed by atoms with van der Waals surface area (Å²) in [5.41, 5.74) is 1.92. The molecule has 1 heterocycles. The standard InChI is InChI=1S/C28H26ClN3O2/c1-28(2,3)34-27(33)32(19-22-14-9-13-21-12-7-8-15-24(21)22)25-18-23(30-26(29)31-25)17-16-20-10-5-4-6-11-20/h4-18H,19H2,1-3H3/b17-16+. The first-order valence-electron chi connectivity index (χ1n) is 11.0. The largest absolute Gasteiger partial charge is 0.443 e. The van der Waals surface area contributed by atoms with Gasteiger partial charge in [-0.1, -0.05) is 78.9 Å². The number of aromatic nitrogens is 2. The molecular formula is C28H26ClN3O2. The van der Waals surface area contributed by atoms with Crippen LogP contribution in [0.2, 0.25) is 5.28 Å². The first-order valence-corrected chi connectivity index (χ1v) is 11.4. The van der Waals surface area contributed by atoms with Crippen LogP contribution < -0.4 is 4.90 Å². The highest BCUT2D eigenvalue weighted by molar-refractivity contribution is 6.28. The lowest BCUT2D eigenvalue weighted by atomic mass is 10.0. The van der Waals surface area contributed by atoms with Crippen LogP contribution in [0.3, 0.4) is 0 Å². The first-order chi connectivity index (χ1) is 16.3. The summed E-state index contributed by atoms with van der Waals surface area (Å²) in [5, 5.41) is 2.20. The van der Waals surface area contributed by atoms with E-state index in [2.05, 4.69) is 9.97 Å². The Morgan fingerprint density at radius 1 is 0.941 bits per heavy atom. The lowest BCUT2D eigenvalue weighted by Crippen LogP contribution is -2.37. The number of hydrogen-bond donors (Lipinski definition) is 0. The quantitative estimate of drug-likeness (QED) is 0.284. The summed E-state index contributed by atoms with van der Waals surface area (Å²) in [6.07, 6.45) is 3.27. The zero-order valence-corrected chi connectivity index (χ0v) is 20.2. The second-order valence-corrected chi connectivity index (χ2v) is 9.21. The Bertz CT molecular complexity index is 1330. The van der Waals surface area contributed by atoms with Gasteiger partial charge >= 0.3 is 6.09 Å². The van der Waals surface area contributed by atoms with E-state index < -0.39 is 11.7 Å². The fraction of sp³-hybridized carbons (Fsp3) is 0.179. The lowest BCUT2D eigenvalue weighted by molar-refractivity contribution is 0.0576. The molecule has 1 amide bonds. The monoisotopic (exact) mass is 471 g/mol. The van der Waals surface area contributed by atoms with Crippen molar-refractivity contribution >= 4 is 46.4 Å². The maximum absolute atomic E-state index is 13.3. The van der Waals surface area contributed by atoms with Crippen molar-refractivity contribution in [1.82, 2.24) is 9.97 Å². The molecule has 34 heavy (non-hydrogen) atoms. The highest BCUT2D eigenvalue weighted by atomic mass is 35.5. The number of halogens is 1. The van der Waals surface area contributed by atoms with Gasteiger partial charge in [-0.05, 0) is 60.3 Å². The van der Waals surface area contributed by atoms with Crippen LogP contribution in [0, 0.1) is 0 Å². The lowest BCUT2D eigenvalue weighted by Gasteiger charge is -2.27. The Morgan fingerprint density at radius 3 is 2.41 bits per heavy atom. The molecule has 0 radical (unpaired) electrons. The van der Waals surface area contributed by atoms with E-state index >= 15 is 0 Å². The zero-order chi connectivity index (χ0) is 24.1. The average molecular weight is 472 g/mol. The van der Waals surface area contributed by atoms with Crippen molar-refractivity contribution in [2.24, 2.45) is 0 Å². The molecule has 4 aromatic rings. The number of benzene rings is 3. The number of amides is 1. The smallest absolute Gasteiger partial charge is 0.416 e. The van der Waals surface area contributed by atoms with Gasteiger partial charge in [0, 0.05) is 6.07 Å². The minimum absolute atomic E-state index is 0.0525. The summed E-state index contributed by atoms with van der Waals surface area (Å²) < 4.78 is 5.71. The van der Waals surface area contributed by atoms with Gasteiger partial charge in [-0.2, -0.15) is 0 Å². The molecule has 0 aliphatic heterocycles. The van der Waals surface area contributed by atoms with Crippen molar-refractivity contribution in [3.05, 3.63) is 101 Å². The molecule has 1 aromatic heterocycles. The average Bonchev–Trinajstić information content (AvgIpc) is 2.80. The van der Waals surface area contributed by atoms with E-state index in [1.165, 1.54) is 4.90 Å². The molecule has 0 unspecified atom stereocenters. The van der Waals surface area contributed by atoms with E-state index in [1.54, 1.807) is 6.07 Å². The fourth-order valence-electron chi connectivity index (χ4n) is 3.55. The van der Waals surface area contributed by atoms with E-state index in [9.17, 15) is 4.79 Å². The van der Waals surface area contributed by atoms with Crippen molar-refractivity contribution in [1.29, 1.82) is 0 Å². The molecule has 3 aromatic carbocycles. The number of nitrogens with zero attached hydrogens (tertiary/aromatic N) is 3. The van der Waals surface area contributed by atoms with Gasteiger partial charge < -0.3 is 4.74 Å². The third kappa shape index (κ3) is 6.00. The molecule has 0 bridgehead atoms. The van der Waals surface area contributed by atoms with Crippen molar-refractivity contribution < 1.29 is 9.53 Å². The van der Waals surface area contributed by atoms with Gasteiger partial charge in [0.25, 0.3) is 0 Å². The summed E-state index contributed by atoms with van der Waals surface area (Å²) in [4.78, 5) is 23.5. The molecule has 6 heteroatoms. The minimum atomic E-state index is -0.666. The summed E-state index contributed by atoms with van der Waals surface area (Å²) in [7, 11) is 0. The van der Waals surface area contributed by atoms with Gasteiger partial charge in [0.2, 0.25) is 5.28 Å². The van der Waals surface area contributed by atoms with Crippen molar-refractivity contribution in [2.75, 3.05) is 4.90 Å². The van der Waals surface area contributed by atoms with Crippen LogP contribution in [0.4, 0.5) is 10.6 Å². The van der Waals surface area contributed by atoms with E-state index in [0.29, 0.717) is 11.5 Å². The summed E-state index contributed by atoms with van der Waals surface area (Å²) in [6.45, 7) is 5.78. The zero-order valence-electron chi connectivity index (χ0n) is 19.4. The van der Waals surface area contributed by atoms with Crippen LogP contribution in [0.25, 0.3) is 22.9 Å². The molecule has 0 aliphatic carbocycles. The highest BCUT2D eigenvalue weighted by Gasteiger charge is 2.26. The Labute approximate surface area is 204 Å². The molecular weight excluding hydrogens is 446 g/mol. The van der Waals surface area contributed by atoms with Gasteiger partial charge in [-0.25, -0.2) is 14.8 Å². The third-order valence-corrected chi connectivity index (χ3v) is 5.22. The molecule has 4 rings (SSSR count). The second kappa shape index (κ2) is 10.1. The number of ether oxygens (including phenoxy) is 1. The normalized spacial score (nSPS) is 11.6. The van der Waals surface area contributed by atoms with E-state index in [-0.39, 0.29) is 11.8 Å². The van der Waals surface area contributed by atoms with Gasteiger partial charge in [0.15, 0.2) is 0 Å². The van der Waals surface area contributed by atoms with E-state index in [1.807, 2.05) is 106 Å². The number of fused-ring (bicyclic) bond motifs is 1. The first kappa shape index (κ1) is 23.5. The number of carbonyl (C=O) groups is 1. The highest BCUT2D eigenvalue weighted by Crippen LogP contribution is 2.25. The number of carbonyl (C=O) groups excluding carboxylic acids is 1. The Balaban J connectivity index is 1.73. The van der Waals surface area contributed by atoms with Gasteiger partial charge in [-0.15, -0.1) is 0 Å². The predicted octanol–water partition coefficient (Wildman–Crippen LogP) is 7.40. The molecule has 5 nitrogen and oxygen atoms in total. The fourth-order valence-corrected chi connectivity index (χ4v) is 3.73. The van der Waals surface area contributed by atoms with Crippen molar-refractivity contribution in [3.8, 4) is 0 Å². The van der Waals surface area contributed by atoms with E-state index in [4.69, 9.17) is 16.3 Å². The molecule has 0 aliphatic rings. The summed E-state index contributed by atoms with van der Waals surface area (Å²) in [5.74, 6) is 0.370. The Kier molecular flexibility index (Phi) is 6.94. The van der Waals surface area contributed by atoms with Crippen LogP contribution in [-0.2, 0) is 11.3 Å². The molecule has 0 spiro atoms. The van der Waals surface area contributed by atoms with E-state index in [0.717, 1.165) is 21.9 Å². The molecule has 0 N–H and O–H groups in total. The number of hydrogen-bond acceptors (Lipinski definition) is 4. The van der Waals surface area contributed by atoms with Crippen molar-refractivity contribution in [2.45, 2.75) is 32.9 Å². The predicted molar refractivity (Wildman–Crippen MR) is 139 cm³/mol. The Hall–Kier alpha value is -3.70. The van der Waals surface area contributed by atoms with Gasteiger partial charge in [0.1, 0.15) is 11.4 Å². The molecule has 172 valence electrons.